The first-order valence-electron chi connectivity index (χ1n) is 6.62. The summed E-state index contributed by atoms with van der Waals surface area (Å²) in [6.07, 6.45) is 5.47. The van der Waals surface area contributed by atoms with E-state index in [4.69, 9.17) is 5.26 Å². The molecule has 3 rings (SSSR count). The summed E-state index contributed by atoms with van der Waals surface area (Å²) in [4.78, 5) is 0. The number of hydrogen-bond acceptors (Lipinski definition) is 2. The molecular formula is C15H17FN2. The minimum absolute atomic E-state index is 0.325. The molecule has 0 amide bonds. The smallest absolute Gasteiger partial charge is 0.124 e. The van der Waals surface area contributed by atoms with Gasteiger partial charge in [-0.25, -0.2) is 4.39 Å². The third-order valence-corrected chi connectivity index (χ3v) is 4.23. The summed E-state index contributed by atoms with van der Waals surface area (Å²) in [5.41, 5.74) is 1.82. The van der Waals surface area contributed by atoms with Gasteiger partial charge < -0.3 is 5.32 Å². The minimum atomic E-state index is -0.325. The average Bonchev–Trinajstić information content (AvgIpc) is 3.21. The van der Waals surface area contributed by atoms with Crippen LogP contribution in [0.4, 0.5) is 4.39 Å². The Morgan fingerprint density at radius 2 is 2.11 bits per heavy atom. The van der Waals surface area contributed by atoms with Crippen molar-refractivity contribution in [3.63, 3.8) is 0 Å². The number of nitrogens with zero attached hydrogens (tertiary/aromatic N) is 1. The molecule has 2 aliphatic carbocycles. The van der Waals surface area contributed by atoms with Crippen LogP contribution in [-0.4, -0.2) is 6.54 Å². The Labute approximate surface area is 107 Å². The third kappa shape index (κ3) is 2.39. The monoisotopic (exact) mass is 244 g/mol. The van der Waals surface area contributed by atoms with Gasteiger partial charge in [0, 0.05) is 13.1 Å². The topological polar surface area (TPSA) is 35.8 Å². The van der Waals surface area contributed by atoms with E-state index in [1.54, 1.807) is 6.07 Å². The van der Waals surface area contributed by atoms with Gasteiger partial charge in [0.1, 0.15) is 5.82 Å². The highest BCUT2D eigenvalue weighted by Crippen LogP contribution is 2.60. The molecule has 0 saturated heterocycles. The van der Waals surface area contributed by atoms with Crippen LogP contribution >= 0.6 is 0 Å². The summed E-state index contributed by atoms with van der Waals surface area (Å²) in [5.74, 6) is 0.612. The van der Waals surface area contributed by atoms with E-state index in [-0.39, 0.29) is 5.82 Å². The van der Waals surface area contributed by atoms with Crippen molar-refractivity contribution in [3.8, 4) is 6.07 Å². The summed E-state index contributed by atoms with van der Waals surface area (Å²) < 4.78 is 13.2. The van der Waals surface area contributed by atoms with Gasteiger partial charge in [-0.3, -0.25) is 0 Å². The number of benzene rings is 1. The molecule has 3 heteroatoms. The van der Waals surface area contributed by atoms with E-state index in [0.29, 0.717) is 17.5 Å². The van der Waals surface area contributed by atoms with Gasteiger partial charge in [-0.15, -0.1) is 0 Å². The zero-order valence-corrected chi connectivity index (χ0v) is 10.4. The summed E-state index contributed by atoms with van der Waals surface area (Å²) in [6.45, 7) is 1.69. The molecule has 0 unspecified atom stereocenters. The second kappa shape index (κ2) is 4.37. The molecule has 0 spiro atoms. The zero-order valence-electron chi connectivity index (χ0n) is 10.4. The fraction of sp³-hybridized carbons (Fsp3) is 0.533. The molecular weight excluding hydrogens is 227 g/mol. The molecule has 94 valence electrons. The Hall–Kier alpha value is -1.40. The molecule has 2 saturated carbocycles. The molecule has 0 heterocycles. The lowest BCUT2D eigenvalue weighted by Gasteiger charge is -2.15. The van der Waals surface area contributed by atoms with E-state index in [2.05, 4.69) is 5.32 Å². The van der Waals surface area contributed by atoms with Gasteiger partial charge in [-0.05, 0) is 60.8 Å². The van der Waals surface area contributed by atoms with Gasteiger partial charge in [0.2, 0.25) is 0 Å². The Kier molecular flexibility index (Phi) is 2.83. The van der Waals surface area contributed by atoms with Gasteiger partial charge in [0.15, 0.2) is 0 Å². The highest BCUT2D eigenvalue weighted by molar-refractivity contribution is 5.33. The van der Waals surface area contributed by atoms with Crippen molar-refractivity contribution in [2.24, 2.45) is 11.3 Å². The lowest BCUT2D eigenvalue weighted by Crippen LogP contribution is -2.25. The van der Waals surface area contributed by atoms with Gasteiger partial charge in [-0.2, -0.15) is 5.26 Å². The van der Waals surface area contributed by atoms with Crippen molar-refractivity contribution in [2.75, 3.05) is 6.54 Å². The van der Waals surface area contributed by atoms with Crippen LogP contribution in [0, 0.1) is 28.5 Å². The molecule has 2 nitrogen and oxygen atoms in total. The maximum absolute atomic E-state index is 13.2. The van der Waals surface area contributed by atoms with E-state index in [1.165, 1.54) is 37.8 Å². The normalized spacial score (nSPS) is 20.4. The van der Waals surface area contributed by atoms with E-state index >= 15 is 0 Å². The van der Waals surface area contributed by atoms with Crippen molar-refractivity contribution in [2.45, 2.75) is 32.2 Å². The van der Waals surface area contributed by atoms with Crippen LogP contribution in [0.2, 0.25) is 0 Å². The first kappa shape index (κ1) is 11.7. The van der Waals surface area contributed by atoms with Crippen LogP contribution in [0.1, 0.15) is 36.8 Å². The molecule has 2 fully saturated rings. The largest absolute Gasteiger partial charge is 0.312 e. The molecule has 1 N–H and O–H groups in total. The van der Waals surface area contributed by atoms with Gasteiger partial charge in [-0.1, -0.05) is 0 Å². The van der Waals surface area contributed by atoms with Crippen LogP contribution in [0.25, 0.3) is 0 Å². The molecule has 0 aliphatic heterocycles. The first-order chi connectivity index (χ1) is 8.72. The molecule has 0 aromatic heterocycles. The van der Waals surface area contributed by atoms with Crippen molar-refractivity contribution in [1.82, 2.24) is 5.32 Å². The van der Waals surface area contributed by atoms with Crippen molar-refractivity contribution < 1.29 is 4.39 Å². The predicted molar refractivity (Wildman–Crippen MR) is 67.2 cm³/mol. The lowest BCUT2D eigenvalue weighted by molar-refractivity contribution is 0.403. The molecule has 0 atom stereocenters. The third-order valence-electron chi connectivity index (χ3n) is 4.23. The number of nitriles is 1. The number of rotatable bonds is 5. The van der Waals surface area contributed by atoms with E-state index in [9.17, 15) is 4.39 Å². The Morgan fingerprint density at radius 3 is 2.72 bits per heavy atom. The maximum Gasteiger partial charge on any atom is 0.124 e. The fourth-order valence-electron chi connectivity index (χ4n) is 2.86. The minimum Gasteiger partial charge on any atom is -0.312 e. The van der Waals surface area contributed by atoms with Crippen LogP contribution < -0.4 is 5.32 Å². The van der Waals surface area contributed by atoms with Crippen LogP contribution in [0.15, 0.2) is 18.2 Å². The first-order valence-corrected chi connectivity index (χ1v) is 6.62. The number of hydrogen-bond donors (Lipinski definition) is 1. The van der Waals surface area contributed by atoms with Crippen molar-refractivity contribution in [3.05, 3.63) is 35.1 Å². The van der Waals surface area contributed by atoms with Gasteiger partial charge in [0.25, 0.3) is 0 Å². The Morgan fingerprint density at radius 1 is 1.33 bits per heavy atom. The van der Waals surface area contributed by atoms with Gasteiger partial charge in [0.05, 0.1) is 11.6 Å². The summed E-state index contributed by atoms with van der Waals surface area (Å²) >= 11 is 0. The molecule has 1 aromatic carbocycles. The summed E-state index contributed by atoms with van der Waals surface area (Å²) in [7, 11) is 0. The fourth-order valence-corrected chi connectivity index (χ4v) is 2.86. The highest BCUT2D eigenvalue weighted by Gasteiger charge is 2.53. The number of halogens is 1. The van der Waals surface area contributed by atoms with Crippen LogP contribution in [-0.2, 0) is 6.54 Å². The maximum atomic E-state index is 13.2. The van der Waals surface area contributed by atoms with Crippen molar-refractivity contribution >= 4 is 0 Å². The zero-order chi connectivity index (χ0) is 12.6. The van der Waals surface area contributed by atoms with E-state index in [1.807, 2.05) is 6.07 Å². The van der Waals surface area contributed by atoms with E-state index in [0.717, 1.165) is 18.0 Å². The second-order valence-electron chi connectivity index (χ2n) is 5.70. The molecule has 18 heavy (non-hydrogen) atoms. The second-order valence-corrected chi connectivity index (χ2v) is 5.70. The number of nitrogens with one attached hydrogen (secondary N) is 1. The molecule has 0 bridgehead atoms. The van der Waals surface area contributed by atoms with Crippen LogP contribution in [0.3, 0.4) is 0 Å². The quantitative estimate of drug-likeness (QED) is 0.864. The predicted octanol–water partition coefficient (Wildman–Crippen LogP) is 2.98. The molecule has 2 aliphatic rings. The molecule has 0 radical (unpaired) electrons. The van der Waals surface area contributed by atoms with Crippen LogP contribution in [0.5, 0.6) is 0 Å². The summed E-state index contributed by atoms with van der Waals surface area (Å²) in [5, 5.41) is 12.2. The highest BCUT2D eigenvalue weighted by atomic mass is 19.1. The Bertz CT molecular complexity index is 496. The molecule has 1 aromatic rings. The summed E-state index contributed by atoms with van der Waals surface area (Å²) in [6, 6.07) is 6.52. The average molecular weight is 244 g/mol. The lowest BCUT2D eigenvalue weighted by atomic mass is 10.0. The van der Waals surface area contributed by atoms with Gasteiger partial charge >= 0.3 is 0 Å². The SMILES string of the molecule is N#Cc1cc(F)cc(CNCC2(C3CC3)CC2)c1. The van der Waals surface area contributed by atoms with Crippen molar-refractivity contribution in [1.29, 1.82) is 5.26 Å². The Balaban J connectivity index is 1.57. The van der Waals surface area contributed by atoms with E-state index < -0.39 is 0 Å². The standard InChI is InChI=1S/C15H17FN2/c16-14-6-11(8-17)5-12(7-14)9-18-10-15(3-4-15)13-1-2-13/h5-7,13,18H,1-4,9-10H2.